The highest BCUT2D eigenvalue weighted by Crippen LogP contribution is 2.35. The number of likely N-dealkylation sites (tertiary alicyclic amines) is 1. The van der Waals surface area contributed by atoms with Crippen molar-refractivity contribution in [2.24, 2.45) is 5.92 Å². The summed E-state index contributed by atoms with van der Waals surface area (Å²) in [6.07, 6.45) is 7.14. The number of tetrazole rings is 1. The predicted molar refractivity (Wildman–Crippen MR) is 93.5 cm³/mol. The summed E-state index contributed by atoms with van der Waals surface area (Å²) in [5, 5.41) is 12.8. The zero-order valence-electron chi connectivity index (χ0n) is 14.8. The van der Waals surface area contributed by atoms with Gasteiger partial charge in [0, 0.05) is 0 Å². The van der Waals surface area contributed by atoms with E-state index in [2.05, 4.69) is 27.3 Å². The molecular formula is C19H26FN5. The number of halogens is 1. The van der Waals surface area contributed by atoms with Gasteiger partial charge in [0.1, 0.15) is 5.82 Å². The summed E-state index contributed by atoms with van der Waals surface area (Å²) in [6.45, 7) is 4.37. The third kappa shape index (κ3) is 3.45. The van der Waals surface area contributed by atoms with Crippen molar-refractivity contribution in [2.75, 3.05) is 13.1 Å². The van der Waals surface area contributed by atoms with E-state index in [9.17, 15) is 4.39 Å². The van der Waals surface area contributed by atoms with Crippen LogP contribution in [0, 0.1) is 11.7 Å². The second kappa shape index (κ2) is 7.20. The Kier molecular flexibility index (Phi) is 4.79. The number of nitrogens with zero attached hydrogens (tertiary/aromatic N) is 5. The molecule has 2 fully saturated rings. The van der Waals surface area contributed by atoms with Crippen LogP contribution in [0.1, 0.15) is 68.9 Å². The second-order valence-corrected chi connectivity index (χ2v) is 7.59. The monoisotopic (exact) mass is 343 g/mol. The van der Waals surface area contributed by atoms with E-state index in [-0.39, 0.29) is 11.9 Å². The fourth-order valence-corrected chi connectivity index (χ4v) is 4.24. The molecule has 1 saturated carbocycles. The average Bonchev–Trinajstić information content (AvgIpc) is 3.30. The Labute approximate surface area is 148 Å². The Morgan fingerprint density at radius 2 is 1.72 bits per heavy atom. The van der Waals surface area contributed by atoms with Crippen molar-refractivity contribution in [3.05, 3.63) is 41.5 Å². The molecular weight excluding hydrogens is 317 g/mol. The van der Waals surface area contributed by atoms with Crippen molar-refractivity contribution >= 4 is 0 Å². The van der Waals surface area contributed by atoms with Gasteiger partial charge in [0.05, 0.1) is 12.1 Å². The Bertz CT molecular complexity index is 684. The van der Waals surface area contributed by atoms with Gasteiger partial charge in [-0.05, 0) is 72.8 Å². The van der Waals surface area contributed by atoms with Crippen molar-refractivity contribution < 1.29 is 4.39 Å². The van der Waals surface area contributed by atoms with Crippen molar-refractivity contribution in [1.29, 1.82) is 0 Å². The third-order valence-corrected chi connectivity index (χ3v) is 5.80. The highest BCUT2D eigenvalue weighted by molar-refractivity contribution is 5.25. The third-order valence-electron chi connectivity index (χ3n) is 5.80. The quantitative estimate of drug-likeness (QED) is 0.848. The minimum Gasteiger partial charge on any atom is -0.290 e. The number of hydrogen-bond donors (Lipinski definition) is 0. The number of rotatable bonds is 4. The maximum Gasteiger partial charge on any atom is 0.173 e. The maximum absolute atomic E-state index is 13.5. The Balaban J connectivity index is 1.70. The van der Waals surface area contributed by atoms with Crippen LogP contribution in [0.15, 0.2) is 24.3 Å². The fraction of sp³-hybridized carbons (Fsp3) is 0.632. The van der Waals surface area contributed by atoms with Gasteiger partial charge in [-0.1, -0.05) is 31.9 Å². The molecule has 1 aromatic carbocycles. The lowest BCUT2D eigenvalue weighted by molar-refractivity contribution is 0.148. The first-order chi connectivity index (χ1) is 12.2. The van der Waals surface area contributed by atoms with Gasteiger partial charge < -0.3 is 0 Å². The first-order valence-electron chi connectivity index (χ1n) is 9.49. The molecule has 0 N–H and O–H groups in total. The van der Waals surface area contributed by atoms with E-state index in [0.29, 0.717) is 6.04 Å². The van der Waals surface area contributed by atoms with E-state index < -0.39 is 0 Å². The van der Waals surface area contributed by atoms with Crippen LogP contribution >= 0.6 is 0 Å². The second-order valence-electron chi connectivity index (χ2n) is 7.59. The molecule has 0 bridgehead atoms. The summed E-state index contributed by atoms with van der Waals surface area (Å²) < 4.78 is 15.5. The van der Waals surface area contributed by atoms with Crippen LogP contribution in [-0.4, -0.2) is 38.2 Å². The van der Waals surface area contributed by atoms with Crippen LogP contribution in [0.3, 0.4) is 0 Å². The van der Waals surface area contributed by atoms with Crippen molar-refractivity contribution in [3.8, 4) is 0 Å². The summed E-state index contributed by atoms with van der Waals surface area (Å²) in [5.74, 6) is 1.47. The Morgan fingerprint density at radius 1 is 1.04 bits per heavy atom. The summed E-state index contributed by atoms with van der Waals surface area (Å²) >= 11 is 0. The van der Waals surface area contributed by atoms with Crippen LogP contribution in [0.5, 0.6) is 0 Å². The van der Waals surface area contributed by atoms with Crippen LogP contribution in [0.2, 0.25) is 0 Å². The van der Waals surface area contributed by atoms with E-state index in [1.807, 2.05) is 16.8 Å². The fourth-order valence-electron chi connectivity index (χ4n) is 4.24. The number of benzene rings is 1. The predicted octanol–water partition coefficient (Wildman–Crippen LogP) is 3.75. The zero-order valence-corrected chi connectivity index (χ0v) is 14.8. The summed E-state index contributed by atoms with van der Waals surface area (Å²) in [5.41, 5.74) is 1.07. The summed E-state index contributed by atoms with van der Waals surface area (Å²) in [4.78, 5) is 2.46. The molecule has 1 aliphatic carbocycles. The molecule has 0 spiro atoms. The molecule has 1 aliphatic heterocycles. The van der Waals surface area contributed by atoms with Crippen molar-refractivity contribution in [1.82, 2.24) is 25.1 Å². The largest absolute Gasteiger partial charge is 0.290 e. The zero-order chi connectivity index (χ0) is 17.2. The van der Waals surface area contributed by atoms with Crippen molar-refractivity contribution in [3.63, 3.8) is 0 Å². The van der Waals surface area contributed by atoms with E-state index in [0.717, 1.165) is 43.2 Å². The van der Waals surface area contributed by atoms with E-state index in [1.54, 1.807) is 12.1 Å². The molecule has 0 unspecified atom stereocenters. The van der Waals surface area contributed by atoms with Crippen LogP contribution in [0.25, 0.3) is 0 Å². The normalized spacial score (nSPS) is 21.7. The number of hydrogen-bond acceptors (Lipinski definition) is 4. The molecule has 25 heavy (non-hydrogen) atoms. The Hall–Kier alpha value is -1.82. The van der Waals surface area contributed by atoms with Gasteiger partial charge in [0.25, 0.3) is 0 Å². The van der Waals surface area contributed by atoms with E-state index in [4.69, 9.17) is 0 Å². The average molecular weight is 343 g/mol. The number of aromatic nitrogens is 4. The van der Waals surface area contributed by atoms with Gasteiger partial charge in [-0.3, -0.25) is 4.90 Å². The summed E-state index contributed by atoms with van der Waals surface area (Å²) in [6, 6.07) is 7.25. The lowest BCUT2D eigenvalue weighted by Crippen LogP contribution is -2.38. The minimum absolute atomic E-state index is 0.00343. The molecule has 2 heterocycles. The molecule has 1 aromatic heterocycles. The minimum atomic E-state index is -0.204. The lowest BCUT2D eigenvalue weighted by Gasteiger charge is -2.36. The van der Waals surface area contributed by atoms with Crippen molar-refractivity contribution in [2.45, 2.75) is 57.5 Å². The molecule has 0 amide bonds. The number of piperidine rings is 1. The highest BCUT2D eigenvalue weighted by Gasteiger charge is 2.32. The SMILES string of the molecule is CC1CCN([C@H](c2ccc(F)cc2)c2nnnn2C2CCCC2)CC1. The van der Waals surface area contributed by atoms with Gasteiger partial charge >= 0.3 is 0 Å². The van der Waals surface area contributed by atoms with Gasteiger partial charge in [0.2, 0.25) is 0 Å². The first-order valence-corrected chi connectivity index (χ1v) is 9.49. The van der Waals surface area contributed by atoms with Crippen LogP contribution < -0.4 is 0 Å². The van der Waals surface area contributed by atoms with E-state index in [1.165, 1.54) is 25.7 Å². The highest BCUT2D eigenvalue weighted by atomic mass is 19.1. The summed E-state index contributed by atoms with van der Waals surface area (Å²) in [7, 11) is 0. The molecule has 2 aliphatic rings. The van der Waals surface area contributed by atoms with Crippen LogP contribution in [0.4, 0.5) is 4.39 Å². The standard InChI is InChI=1S/C19H26FN5/c1-14-10-12-24(13-11-14)18(15-6-8-16(20)9-7-15)19-21-22-23-25(19)17-4-2-3-5-17/h6-9,14,17-18H,2-5,10-13H2,1H3/t18-/m1/s1. The Morgan fingerprint density at radius 3 is 2.40 bits per heavy atom. The molecule has 4 rings (SSSR count). The molecule has 1 saturated heterocycles. The van der Waals surface area contributed by atoms with Gasteiger partial charge in [-0.2, -0.15) is 0 Å². The molecule has 6 heteroatoms. The smallest absolute Gasteiger partial charge is 0.173 e. The topological polar surface area (TPSA) is 46.8 Å². The molecule has 1 atom stereocenters. The first kappa shape index (κ1) is 16.6. The van der Waals surface area contributed by atoms with Gasteiger partial charge in [-0.25, -0.2) is 9.07 Å². The van der Waals surface area contributed by atoms with Gasteiger partial charge in [-0.15, -0.1) is 5.10 Å². The molecule has 0 radical (unpaired) electrons. The molecule has 5 nitrogen and oxygen atoms in total. The van der Waals surface area contributed by atoms with E-state index >= 15 is 0 Å². The van der Waals surface area contributed by atoms with Gasteiger partial charge in [0.15, 0.2) is 5.82 Å². The lowest BCUT2D eigenvalue weighted by atomic mass is 9.95. The van der Waals surface area contributed by atoms with Crippen LogP contribution in [-0.2, 0) is 0 Å². The molecule has 2 aromatic rings. The maximum atomic E-state index is 13.5. The molecule has 134 valence electrons.